The van der Waals surface area contributed by atoms with Gasteiger partial charge < -0.3 is 9.84 Å². The van der Waals surface area contributed by atoms with Crippen molar-refractivity contribution in [1.82, 2.24) is 4.31 Å². The summed E-state index contributed by atoms with van der Waals surface area (Å²) in [5.41, 5.74) is -0.711. The van der Waals surface area contributed by atoms with Crippen LogP contribution in [0.25, 0.3) is 0 Å². The molecule has 0 saturated carbocycles. The number of nitrogens with zero attached hydrogens (tertiary/aromatic N) is 2. The van der Waals surface area contributed by atoms with Crippen molar-refractivity contribution in [3.8, 4) is 5.75 Å². The Labute approximate surface area is 120 Å². The monoisotopic (exact) mass is 318 g/mol. The molecular weight excluding hydrogens is 304 g/mol. The minimum atomic E-state index is -4.01. The Balaban J connectivity index is 3.05. The van der Waals surface area contributed by atoms with E-state index >= 15 is 0 Å². The summed E-state index contributed by atoms with van der Waals surface area (Å²) in [4.78, 5) is 20.5. The Kier molecular flexibility index (Phi) is 5.22. The molecular formula is C11H14N2O7S. The van der Waals surface area contributed by atoms with Crippen molar-refractivity contribution in [2.75, 3.05) is 20.7 Å². The lowest BCUT2D eigenvalue weighted by Gasteiger charge is -2.16. The van der Waals surface area contributed by atoms with Gasteiger partial charge in [0.2, 0.25) is 10.0 Å². The summed E-state index contributed by atoms with van der Waals surface area (Å²) in [5.74, 6) is -1.20. The van der Waals surface area contributed by atoms with Gasteiger partial charge in [-0.2, -0.15) is 0 Å². The van der Waals surface area contributed by atoms with Gasteiger partial charge in [0, 0.05) is 19.7 Å². The Hall–Kier alpha value is -2.20. The number of aromatic hydroxyl groups is 1. The molecule has 1 aromatic carbocycles. The Morgan fingerprint density at radius 1 is 1.48 bits per heavy atom. The minimum absolute atomic E-state index is 0.135. The molecule has 0 aliphatic rings. The van der Waals surface area contributed by atoms with Gasteiger partial charge in [0.05, 0.1) is 23.3 Å². The van der Waals surface area contributed by atoms with Crippen molar-refractivity contribution in [3.05, 3.63) is 28.3 Å². The number of benzene rings is 1. The maximum Gasteiger partial charge on any atom is 0.312 e. The highest BCUT2D eigenvalue weighted by Gasteiger charge is 2.25. The molecule has 1 N–H and O–H groups in total. The fraction of sp³-hybridized carbons (Fsp3) is 0.364. The molecule has 21 heavy (non-hydrogen) atoms. The highest BCUT2D eigenvalue weighted by molar-refractivity contribution is 7.89. The summed E-state index contributed by atoms with van der Waals surface area (Å²) in [5, 5.41) is 20.0. The van der Waals surface area contributed by atoms with Crippen LogP contribution in [0.3, 0.4) is 0 Å². The number of hydrogen-bond donors (Lipinski definition) is 1. The lowest BCUT2D eigenvalue weighted by atomic mass is 10.3. The Bertz CT molecular complexity index is 657. The van der Waals surface area contributed by atoms with E-state index in [0.29, 0.717) is 0 Å². The van der Waals surface area contributed by atoms with E-state index in [9.17, 15) is 28.4 Å². The van der Waals surface area contributed by atoms with E-state index in [1.807, 2.05) is 0 Å². The number of methoxy groups -OCH3 is 1. The number of phenolic OH excluding ortho intramolecular Hbond substituents is 1. The standard InChI is InChI=1S/C11H14N2O7S/c1-12(6-5-11(15)20-2)21(18,19)8-3-4-10(14)9(7-8)13(16)17/h3-4,7,14H,5-6H2,1-2H3. The van der Waals surface area contributed by atoms with E-state index in [2.05, 4.69) is 4.74 Å². The molecule has 0 spiro atoms. The molecule has 10 heteroatoms. The molecule has 0 saturated heterocycles. The highest BCUT2D eigenvalue weighted by atomic mass is 32.2. The normalized spacial score (nSPS) is 11.4. The Morgan fingerprint density at radius 3 is 2.62 bits per heavy atom. The minimum Gasteiger partial charge on any atom is -0.502 e. The van der Waals surface area contributed by atoms with Crippen molar-refractivity contribution in [3.63, 3.8) is 0 Å². The highest BCUT2D eigenvalue weighted by Crippen LogP contribution is 2.29. The number of nitro benzene ring substituents is 1. The number of ether oxygens (including phenoxy) is 1. The maximum absolute atomic E-state index is 12.2. The molecule has 0 bridgehead atoms. The van der Waals surface area contributed by atoms with Crippen molar-refractivity contribution in [2.45, 2.75) is 11.3 Å². The average molecular weight is 318 g/mol. The number of esters is 1. The van der Waals surface area contributed by atoms with E-state index in [1.54, 1.807) is 0 Å². The zero-order chi connectivity index (χ0) is 16.2. The van der Waals surface area contributed by atoms with Crippen LogP contribution in [0, 0.1) is 10.1 Å². The molecule has 0 atom stereocenters. The van der Waals surface area contributed by atoms with Gasteiger partial charge in [-0.3, -0.25) is 14.9 Å². The molecule has 0 amide bonds. The van der Waals surface area contributed by atoms with Gasteiger partial charge in [0.1, 0.15) is 0 Å². The Morgan fingerprint density at radius 2 is 2.10 bits per heavy atom. The van der Waals surface area contributed by atoms with Crippen molar-refractivity contribution in [2.24, 2.45) is 0 Å². The van der Waals surface area contributed by atoms with Gasteiger partial charge in [-0.1, -0.05) is 0 Å². The first kappa shape index (κ1) is 16.9. The zero-order valence-corrected chi connectivity index (χ0v) is 12.2. The summed E-state index contributed by atoms with van der Waals surface area (Å²) in [6, 6.07) is 2.74. The van der Waals surface area contributed by atoms with Crippen molar-refractivity contribution < 1.29 is 28.0 Å². The van der Waals surface area contributed by atoms with E-state index in [-0.39, 0.29) is 17.9 Å². The van der Waals surface area contributed by atoms with Crippen LogP contribution in [0.1, 0.15) is 6.42 Å². The topological polar surface area (TPSA) is 127 Å². The molecule has 0 aromatic heterocycles. The first-order chi connectivity index (χ1) is 9.70. The first-order valence-electron chi connectivity index (χ1n) is 5.70. The number of carbonyl (C=O) groups excluding carboxylic acids is 1. The molecule has 0 heterocycles. The number of nitro groups is 1. The number of hydrogen-bond acceptors (Lipinski definition) is 7. The van der Waals surface area contributed by atoms with Crippen LogP contribution in [0.15, 0.2) is 23.1 Å². The smallest absolute Gasteiger partial charge is 0.312 e. The fourth-order valence-electron chi connectivity index (χ4n) is 1.46. The van der Waals surface area contributed by atoms with Crippen LogP contribution < -0.4 is 0 Å². The second kappa shape index (κ2) is 6.50. The molecule has 1 aromatic rings. The van der Waals surface area contributed by atoms with Crippen LogP contribution in [0.4, 0.5) is 5.69 Å². The summed E-state index contributed by atoms with van der Waals surface area (Å²) in [6.45, 7) is -0.135. The second-order valence-corrected chi connectivity index (χ2v) is 6.11. The number of phenols is 1. The van der Waals surface area contributed by atoms with Gasteiger partial charge >= 0.3 is 11.7 Å². The van der Waals surface area contributed by atoms with Gasteiger partial charge in [-0.05, 0) is 12.1 Å². The molecule has 0 radical (unpaired) electrons. The van der Waals surface area contributed by atoms with Crippen molar-refractivity contribution in [1.29, 1.82) is 0 Å². The summed E-state index contributed by atoms with van der Waals surface area (Å²) in [7, 11) is -1.59. The molecule has 0 aliphatic heterocycles. The summed E-state index contributed by atoms with van der Waals surface area (Å²) >= 11 is 0. The van der Waals surface area contributed by atoms with Gasteiger partial charge in [0.25, 0.3) is 0 Å². The number of carbonyl (C=O) groups is 1. The third-order valence-corrected chi connectivity index (χ3v) is 4.56. The molecule has 0 aliphatic carbocycles. The van der Waals surface area contributed by atoms with Crippen LogP contribution in [0.2, 0.25) is 0 Å². The van der Waals surface area contributed by atoms with Gasteiger partial charge in [-0.15, -0.1) is 0 Å². The first-order valence-corrected chi connectivity index (χ1v) is 7.14. The van der Waals surface area contributed by atoms with Crippen LogP contribution in [0.5, 0.6) is 5.75 Å². The van der Waals surface area contributed by atoms with Gasteiger partial charge in [-0.25, -0.2) is 12.7 Å². The predicted octanol–water partition coefficient (Wildman–Crippen LogP) is 0.484. The lowest BCUT2D eigenvalue weighted by Crippen LogP contribution is -2.29. The predicted molar refractivity (Wildman–Crippen MR) is 71.2 cm³/mol. The molecule has 9 nitrogen and oxygen atoms in total. The van der Waals surface area contributed by atoms with Crippen LogP contribution in [-0.2, 0) is 19.6 Å². The van der Waals surface area contributed by atoms with Crippen LogP contribution >= 0.6 is 0 Å². The third-order valence-electron chi connectivity index (χ3n) is 2.71. The molecule has 0 unspecified atom stereocenters. The summed E-state index contributed by atoms with van der Waals surface area (Å²) in [6.07, 6.45) is -0.146. The largest absolute Gasteiger partial charge is 0.502 e. The number of sulfonamides is 1. The van der Waals surface area contributed by atoms with E-state index < -0.39 is 32.4 Å². The number of rotatable bonds is 6. The van der Waals surface area contributed by atoms with E-state index in [1.165, 1.54) is 14.2 Å². The van der Waals surface area contributed by atoms with Crippen LogP contribution in [-0.4, -0.2) is 49.4 Å². The van der Waals surface area contributed by atoms with Crippen molar-refractivity contribution >= 4 is 21.7 Å². The quantitative estimate of drug-likeness (QED) is 0.459. The fourth-order valence-corrected chi connectivity index (χ4v) is 2.65. The van der Waals surface area contributed by atoms with E-state index in [4.69, 9.17) is 0 Å². The average Bonchev–Trinajstić information content (AvgIpc) is 2.43. The molecule has 1 rings (SSSR count). The third kappa shape index (κ3) is 3.89. The SMILES string of the molecule is COC(=O)CCN(C)S(=O)(=O)c1ccc(O)c([N+](=O)[O-])c1. The molecule has 0 fully saturated rings. The lowest BCUT2D eigenvalue weighted by molar-refractivity contribution is -0.386. The van der Waals surface area contributed by atoms with Gasteiger partial charge in [0.15, 0.2) is 5.75 Å². The maximum atomic E-state index is 12.2. The summed E-state index contributed by atoms with van der Waals surface area (Å²) < 4.78 is 29.7. The van der Waals surface area contributed by atoms with E-state index in [0.717, 1.165) is 22.5 Å². The zero-order valence-electron chi connectivity index (χ0n) is 11.3. The second-order valence-electron chi connectivity index (χ2n) is 4.06. The molecule has 116 valence electrons.